The summed E-state index contributed by atoms with van der Waals surface area (Å²) in [5.41, 5.74) is 5.09. The van der Waals surface area contributed by atoms with Gasteiger partial charge in [-0.15, -0.1) is 0 Å². The third-order valence-corrected chi connectivity index (χ3v) is 7.53. The second kappa shape index (κ2) is 14.1. The van der Waals surface area contributed by atoms with E-state index in [-0.39, 0.29) is 11.7 Å². The lowest BCUT2D eigenvalue weighted by molar-refractivity contribution is -0.139. The Balaban J connectivity index is 1.48. The number of nitrogens with zero attached hydrogens (tertiary/aromatic N) is 2. The standard InChI is InChI=1S/C25H31BrN8O5S/c1-25(2,22(27)38)23(39)29-9-4-8-28-19-17(26)12-31-24(34-19)33-15-6-3-5-14(11-15)32-18(35)13-30-20(36)16-7-10-40-21(16)37/h3,5-6,11-12,16H,4,7-10,13H2,1-2H3,(H2,27,38)(H,29,39)(H,30,36)(H,32,35)(H2,28,31,33,34). The van der Waals surface area contributed by atoms with Crippen molar-refractivity contribution in [3.8, 4) is 0 Å². The largest absolute Gasteiger partial charge is 0.369 e. The first-order valence-electron chi connectivity index (χ1n) is 12.4. The minimum atomic E-state index is -1.28. The summed E-state index contributed by atoms with van der Waals surface area (Å²) in [5, 5.41) is 14.0. The molecule has 0 spiro atoms. The summed E-state index contributed by atoms with van der Waals surface area (Å²) >= 11 is 4.54. The predicted octanol–water partition coefficient (Wildman–Crippen LogP) is 1.75. The summed E-state index contributed by atoms with van der Waals surface area (Å²) in [4.78, 5) is 68.3. The Morgan fingerprint density at radius 3 is 2.60 bits per heavy atom. The Morgan fingerprint density at radius 1 is 1.15 bits per heavy atom. The number of carbonyl (C=O) groups is 5. The molecule has 1 saturated heterocycles. The first-order valence-corrected chi connectivity index (χ1v) is 14.2. The van der Waals surface area contributed by atoms with E-state index in [0.29, 0.717) is 59.3 Å². The topological polar surface area (TPSA) is 197 Å². The van der Waals surface area contributed by atoms with Crippen molar-refractivity contribution in [1.29, 1.82) is 0 Å². The second-order valence-electron chi connectivity index (χ2n) is 9.40. The molecule has 0 bridgehead atoms. The molecule has 7 N–H and O–H groups in total. The SMILES string of the molecule is CC(C)(C(N)=O)C(=O)NCCCNc1nc(Nc2cccc(NC(=O)CNC(=O)C3CCSC3=O)c2)ncc1Br. The zero-order valence-electron chi connectivity index (χ0n) is 22.0. The normalized spacial score (nSPS) is 14.8. The molecule has 3 rings (SSSR count). The highest BCUT2D eigenvalue weighted by Crippen LogP contribution is 2.26. The molecule has 1 unspecified atom stereocenters. The van der Waals surface area contributed by atoms with Crippen molar-refractivity contribution in [2.45, 2.75) is 26.7 Å². The van der Waals surface area contributed by atoms with Crippen LogP contribution in [0.1, 0.15) is 26.7 Å². The van der Waals surface area contributed by atoms with Crippen LogP contribution in [-0.4, -0.2) is 64.1 Å². The number of primary amides is 1. The minimum Gasteiger partial charge on any atom is -0.369 e. The van der Waals surface area contributed by atoms with E-state index in [1.165, 1.54) is 13.8 Å². The summed E-state index contributed by atoms with van der Waals surface area (Å²) in [5.74, 6) is -1.24. The van der Waals surface area contributed by atoms with Gasteiger partial charge in [-0.2, -0.15) is 4.98 Å². The third kappa shape index (κ3) is 8.64. The van der Waals surface area contributed by atoms with Crippen LogP contribution >= 0.6 is 27.7 Å². The molecule has 2 aromatic rings. The van der Waals surface area contributed by atoms with Gasteiger partial charge in [0, 0.05) is 36.4 Å². The maximum Gasteiger partial charge on any atom is 0.243 e. The van der Waals surface area contributed by atoms with Crippen LogP contribution in [0.5, 0.6) is 0 Å². The highest BCUT2D eigenvalue weighted by atomic mass is 79.9. The van der Waals surface area contributed by atoms with E-state index in [2.05, 4.69) is 52.5 Å². The summed E-state index contributed by atoms with van der Waals surface area (Å²) < 4.78 is 0.637. The van der Waals surface area contributed by atoms with Gasteiger partial charge in [-0.3, -0.25) is 24.0 Å². The average Bonchev–Trinajstić information content (AvgIpc) is 3.34. The fraction of sp³-hybridized carbons (Fsp3) is 0.400. The molecule has 0 aliphatic carbocycles. The van der Waals surface area contributed by atoms with Crippen molar-refractivity contribution in [3.05, 3.63) is 34.9 Å². The number of nitrogens with one attached hydrogen (secondary N) is 5. The van der Waals surface area contributed by atoms with Gasteiger partial charge in [0.25, 0.3) is 0 Å². The van der Waals surface area contributed by atoms with Gasteiger partial charge in [0.05, 0.1) is 11.0 Å². The van der Waals surface area contributed by atoms with Crippen LogP contribution in [0.3, 0.4) is 0 Å². The van der Waals surface area contributed by atoms with Crippen LogP contribution < -0.4 is 32.3 Å². The van der Waals surface area contributed by atoms with E-state index in [1.54, 1.807) is 30.5 Å². The Morgan fingerprint density at radius 2 is 1.90 bits per heavy atom. The van der Waals surface area contributed by atoms with Crippen LogP contribution in [0.4, 0.5) is 23.1 Å². The maximum atomic E-state index is 12.3. The van der Waals surface area contributed by atoms with Gasteiger partial charge >= 0.3 is 0 Å². The van der Waals surface area contributed by atoms with Crippen molar-refractivity contribution in [2.75, 3.05) is 41.3 Å². The van der Waals surface area contributed by atoms with Crippen LogP contribution in [0.2, 0.25) is 0 Å². The van der Waals surface area contributed by atoms with Gasteiger partial charge in [0.2, 0.25) is 34.7 Å². The first-order chi connectivity index (χ1) is 19.0. The number of rotatable bonds is 13. The first kappa shape index (κ1) is 30.8. The number of anilines is 4. The fourth-order valence-corrected chi connectivity index (χ4v) is 4.73. The lowest BCUT2D eigenvalue weighted by Gasteiger charge is -2.19. The van der Waals surface area contributed by atoms with Crippen LogP contribution in [0.25, 0.3) is 0 Å². The molecule has 1 fully saturated rings. The Kier molecular flexibility index (Phi) is 10.8. The van der Waals surface area contributed by atoms with Crippen molar-refractivity contribution < 1.29 is 24.0 Å². The van der Waals surface area contributed by atoms with Crippen molar-refractivity contribution in [1.82, 2.24) is 20.6 Å². The van der Waals surface area contributed by atoms with Crippen LogP contribution in [0, 0.1) is 11.3 Å². The Hall–Kier alpha value is -3.72. The number of aromatic nitrogens is 2. The van der Waals surface area contributed by atoms with E-state index < -0.39 is 35.0 Å². The molecule has 1 atom stereocenters. The summed E-state index contributed by atoms with van der Waals surface area (Å²) in [6.45, 7) is 3.52. The predicted molar refractivity (Wildman–Crippen MR) is 156 cm³/mol. The van der Waals surface area contributed by atoms with Gasteiger partial charge < -0.3 is 32.3 Å². The number of thioether (sulfide) groups is 1. The molecule has 13 nitrogen and oxygen atoms in total. The van der Waals surface area contributed by atoms with Gasteiger partial charge in [0.1, 0.15) is 17.2 Å². The van der Waals surface area contributed by atoms with Crippen LogP contribution in [0.15, 0.2) is 34.9 Å². The molecule has 1 aromatic heterocycles. The van der Waals surface area contributed by atoms with E-state index in [4.69, 9.17) is 5.73 Å². The zero-order chi connectivity index (χ0) is 29.3. The number of nitrogens with two attached hydrogens (primary N) is 1. The number of amides is 4. The van der Waals surface area contributed by atoms with Gasteiger partial charge in [0.15, 0.2) is 0 Å². The highest BCUT2D eigenvalue weighted by Gasteiger charge is 2.33. The Bertz CT molecular complexity index is 1290. The molecule has 2 heterocycles. The molecule has 40 heavy (non-hydrogen) atoms. The van der Waals surface area contributed by atoms with Crippen molar-refractivity contribution >= 4 is 79.6 Å². The summed E-state index contributed by atoms with van der Waals surface area (Å²) in [6, 6.07) is 6.89. The number of carbonyl (C=O) groups excluding carboxylic acids is 5. The maximum absolute atomic E-state index is 12.3. The van der Waals surface area contributed by atoms with E-state index in [9.17, 15) is 24.0 Å². The average molecular weight is 636 g/mol. The number of benzene rings is 1. The van der Waals surface area contributed by atoms with E-state index in [0.717, 1.165) is 11.8 Å². The molecular formula is C25H31BrN8O5S. The number of hydrogen-bond donors (Lipinski definition) is 6. The number of halogens is 1. The molecule has 0 radical (unpaired) electrons. The molecule has 1 aromatic carbocycles. The van der Waals surface area contributed by atoms with E-state index in [1.807, 2.05) is 0 Å². The molecule has 0 saturated carbocycles. The van der Waals surface area contributed by atoms with Crippen molar-refractivity contribution in [2.24, 2.45) is 17.1 Å². The summed E-state index contributed by atoms with van der Waals surface area (Å²) in [7, 11) is 0. The highest BCUT2D eigenvalue weighted by molar-refractivity contribution is 9.10. The summed E-state index contributed by atoms with van der Waals surface area (Å²) in [6.07, 6.45) is 2.63. The molecule has 4 amide bonds. The quantitative estimate of drug-likeness (QED) is 0.139. The van der Waals surface area contributed by atoms with Gasteiger partial charge in [-0.25, -0.2) is 4.98 Å². The van der Waals surface area contributed by atoms with Gasteiger partial charge in [-0.1, -0.05) is 17.8 Å². The molecule has 15 heteroatoms. The second-order valence-corrected chi connectivity index (χ2v) is 11.3. The lowest BCUT2D eigenvalue weighted by atomic mass is 9.91. The third-order valence-electron chi connectivity index (χ3n) is 5.94. The van der Waals surface area contributed by atoms with Gasteiger partial charge in [-0.05, 0) is 60.8 Å². The molecule has 1 aliphatic rings. The zero-order valence-corrected chi connectivity index (χ0v) is 24.4. The molecule has 1 aliphatic heterocycles. The van der Waals surface area contributed by atoms with Crippen molar-refractivity contribution in [3.63, 3.8) is 0 Å². The smallest absolute Gasteiger partial charge is 0.243 e. The van der Waals surface area contributed by atoms with E-state index >= 15 is 0 Å². The monoisotopic (exact) mass is 634 g/mol. The number of hydrogen-bond acceptors (Lipinski definition) is 10. The van der Waals surface area contributed by atoms with Crippen LogP contribution in [-0.2, 0) is 24.0 Å². The molecule has 214 valence electrons. The minimum absolute atomic E-state index is 0.167. The molecular weight excluding hydrogens is 604 g/mol. The Labute approximate surface area is 243 Å². The fourth-order valence-electron chi connectivity index (χ4n) is 3.41. The lowest BCUT2D eigenvalue weighted by Crippen LogP contribution is -2.46.